The van der Waals surface area contributed by atoms with Crippen LogP contribution in [0.1, 0.15) is 106 Å². The van der Waals surface area contributed by atoms with Gasteiger partial charge in [-0.1, -0.05) is 46.3 Å². The second-order valence-corrected chi connectivity index (χ2v) is 26.0. The van der Waals surface area contributed by atoms with Gasteiger partial charge in [-0.3, -0.25) is 4.79 Å². The van der Waals surface area contributed by atoms with E-state index in [0.29, 0.717) is 44.9 Å². The maximum atomic E-state index is 14.8. The fourth-order valence-electron chi connectivity index (χ4n) is 16.4. The first-order valence-corrected chi connectivity index (χ1v) is 28.0. The molecule has 0 bridgehead atoms. The second-order valence-electron chi connectivity index (χ2n) is 26.0. The maximum absolute atomic E-state index is 14.8. The quantitative estimate of drug-likeness (QED) is 0.0497. The van der Waals surface area contributed by atoms with Gasteiger partial charge in [0, 0.05) is 5.41 Å². The van der Waals surface area contributed by atoms with Crippen LogP contribution in [-0.2, 0) is 47.5 Å². The number of carbonyl (C=O) groups excluding carboxylic acids is 1. The van der Waals surface area contributed by atoms with Crippen molar-refractivity contribution in [1.29, 1.82) is 0 Å². The number of hydrogen-bond donors (Lipinski definition) is 15. The first kappa shape index (κ1) is 61.4. The number of hydrogen-bond acceptors (Lipinski definition) is 24. The summed E-state index contributed by atoms with van der Waals surface area (Å²) in [5, 5.41) is 159. The minimum absolute atomic E-state index is 0.0792. The van der Waals surface area contributed by atoms with Crippen molar-refractivity contribution < 1.29 is 124 Å². The Kier molecular flexibility index (Phi) is 17.4. The highest BCUT2D eigenvalue weighted by Crippen LogP contribution is 2.76. The minimum Gasteiger partial charge on any atom is -0.479 e. The van der Waals surface area contributed by atoms with E-state index in [4.69, 9.17) is 37.9 Å². The number of ether oxygens (including phenoxy) is 8. The lowest BCUT2D eigenvalue weighted by atomic mass is 9.33. The summed E-state index contributed by atoms with van der Waals surface area (Å²) in [5.41, 5.74) is -2.13. The Morgan fingerprint density at radius 2 is 1.08 bits per heavy atom. The Bertz CT molecular complexity index is 2220. The van der Waals surface area contributed by atoms with Crippen LogP contribution in [0.2, 0.25) is 0 Å². The van der Waals surface area contributed by atoms with E-state index in [2.05, 4.69) is 33.8 Å². The molecule has 452 valence electrons. The van der Waals surface area contributed by atoms with Gasteiger partial charge in [-0.25, -0.2) is 4.79 Å². The summed E-state index contributed by atoms with van der Waals surface area (Å²) in [7, 11) is 0. The molecular weight excluding hydrogens is 1050 g/mol. The van der Waals surface area contributed by atoms with Gasteiger partial charge < -0.3 is 114 Å². The number of allylic oxidation sites excluding steroid dienone is 2. The molecule has 0 amide bonds. The van der Waals surface area contributed by atoms with Crippen molar-refractivity contribution >= 4 is 11.9 Å². The third-order valence-corrected chi connectivity index (χ3v) is 21.8. The highest BCUT2D eigenvalue weighted by Gasteiger charge is 2.70. The summed E-state index contributed by atoms with van der Waals surface area (Å²) < 4.78 is 47.3. The predicted molar refractivity (Wildman–Crippen MR) is 265 cm³/mol. The molecule has 8 fully saturated rings. The number of aliphatic hydroxyl groups is 14. The van der Waals surface area contributed by atoms with E-state index in [1.165, 1.54) is 5.57 Å². The van der Waals surface area contributed by atoms with E-state index < -0.39 is 177 Å². The molecule has 0 unspecified atom stereocenters. The first-order chi connectivity index (χ1) is 37.0. The Balaban J connectivity index is 0.947. The van der Waals surface area contributed by atoms with E-state index in [1.807, 2.05) is 13.8 Å². The number of fused-ring (bicyclic) bond motifs is 7. The molecule has 5 aliphatic carbocycles. The number of aliphatic hydroxyl groups excluding tert-OH is 14. The van der Waals surface area contributed by atoms with Gasteiger partial charge in [0.25, 0.3) is 0 Å². The van der Waals surface area contributed by atoms with Gasteiger partial charge in [-0.2, -0.15) is 0 Å². The van der Waals surface area contributed by atoms with Gasteiger partial charge >= 0.3 is 11.9 Å². The summed E-state index contributed by atoms with van der Waals surface area (Å²) in [6, 6.07) is 0. The fourth-order valence-corrected chi connectivity index (χ4v) is 16.4. The maximum Gasteiger partial charge on any atom is 0.335 e. The lowest BCUT2D eigenvalue weighted by Gasteiger charge is -2.71. The number of carboxylic acid groups (broad SMARTS) is 1. The number of carboxylic acids is 1. The zero-order valence-electron chi connectivity index (χ0n) is 45.6. The molecular formula is C54H86O25. The van der Waals surface area contributed by atoms with Crippen molar-refractivity contribution in [1.82, 2.24) is 0 Å². The standard InChI is InChI=1S/C54H86O25/c1-49-13-14-50(2,48(71)79-46-41(35(64)32(61)26(20-57)74-46)77-44-38(67)33(62)30(59)24(18-55)72-44)17-23(49)22-7-8-28-51(3)11-10-29(52(4,21-58)27(51)9-12-54(28,6)53(22,5)16-15-49)75-47-42(37(66)36(65)40(76-47)43(69)70)78-45-39(68)34(63)31(60)25(19-56)73-45/h7,23-42,44-47,55-68H,8-21H2,1-6H3,(H,69,70)/t23-,24-,25-,26-,27-,28+,29+,30-,31-,32-,33-,34-,35-,36-,37-,38-,39+,40+,41-,42-,44+,45-,46-,47-,49+,50-,51+,52-,53-,54+/m0/s1. The SMILES string of the molecule is C[C@]1(C(=O)O[C@@H]2O[C@@H](CO)[C@H](O)[C@H](O)[C@@H]2O[C@H]2O[C@@H](CO)[C@H](O)[C@H](O)[C@@H]2O)CC[C@]2(C)CC[C@@]3(C)C(=CC[C@@H]4[C@]5(C)CC[C@@H](O[C@H]6O[C@@H](C(=O)O)[C@@H](O)[C@H](O)[C@@H]6O[C@@H]6O[C@@H](CO)[C@H](O)[C@H](O)[C@H]6O)[C@@](C)(CO)[C@H]5CC[C@]43C)[C@@H]2C1. The van der Waals surface area contributed by atoms with Crippen LogP contribution in [0.4, 0.5) is 0 Å². The van der Waals surface area contributed by atoms with Crippen LogP contribution in [-0.4, -0.2) is 244 Å². The zero-order valence-corrected chi connectivity index (χ0v) is 45.6. The van der Waals surface area contributed by atoms with Crippen molar-refractivity contribution in [3.8, 4) is 0 Å². The first-order valence-electron chi connectivity index (χ1n) is 28.0. The van der Waals surface area contributed by atoms with Gasteiger partial charge in [0.1, 0.15) is 85.5 Å². The zero-order chi connectivity index (χ0) is 57.9. The van der Waals surface area contributed by atoms with E-state index in [0.717, 1.165) is 19.3 Å². The molecule has 9 aliphatic rings. The number of rotatable bonds is 13. The van der Waals surface area contributed by atoms with Crippen LogP contribution < -0.4 is 0 Å². The third kappa shape index (κ3) is 9.95. The highest BCUT2D eigenvalue weighted by atomic mass is 16.8. The van der Waals surface area contributed by atoms with Gasteiger partial charge in [-0.05, 0) is 111 Å². The Morgan fingerprint density at radius 3 is 1.62 bits per heavy atom. The van der Waals surface area contributed by atoms with E-state index in [9.17, 15) is 86.2 Å². The van der Waals surface area contributed by atoms with Crippen LogP contribution >= 0.6 is 0 Å². The van der Waals surface area contributed by atoms with E-state index in [-0.39, 0.29) is 40.6 Å². The second kappa shape index (κ2) is 22.4. The average Bonchev–Trinajstić information content (AvgIpc) is 3.44. The fraction of sp³-hybridized carbons (Fsp3) is 0.926. The molecule has 0 aromatic heterocycles. The summed E-state index contributed by atoms with van der Waals surface area (Å²) in [5.74, 6) is -2.49. The van der Waals surface area contributed by atoms with Crippen LogP contribution in [0.25, 0.3) is 0 Å². The molecule has 0 spiro atoms. The molecule has 15 N–H and O–H groups in total. The van der Waals surface area contributed by atoms with Crippen LogP contribution in [0.5, 0.6) is 0 Å². The number of esters is 1. The Labute approximate surface area is 457 Å². The van der Waals surface area contributed by atoms with Gasteiger partial charge in [-0.15, -0.1) is 0 Å². The lowest BCUT2D eigenvalue weighted by molar-refractivity contribution is -0.375. The van der Waals surface area contributed by atoms with Crippen LogP contribution in [0, 0.1) is 50.2 Å². The number of carbonyl (C=O) groups is 2. The molecule has 0 radical (unpaired) electrons. The third-order valence-electron chi connectivity index (χ3n) is 21.8. The topological polar surface area (TPSA) is 411 Å². The van der Waals surface area contributed by atoms with Gasteiger partial charge in [0.15, 0.2) is 31.1 Å². The monoisotopic (exact) mass is 1130 g/mol. The largest absolute Gasteiger partial charge is 0.479 e. The molecule has 0 aromatic carbocycles. The molecule has 79 heavy (non-hydrogen) atoms. The molecule has 4 heterocycles. The molecule has 30 atom stereocenters. The minimum atomic E-state index is -2.05. The van der Waals surface area contributed by atoms with Crippen molar-refractivity contribution in [2.24, 2.45) is 50.2 Å². The molecule has 25 nitrogen and oxygen atoms in total. The highest BCUT2D eigenvalue weighted by molar-refractivity contribution is 5.77. The van der Waals surface area contributed by atoms with Crippen molar-refractivity contribution in [2.75, 3.05) is 26.4 Å². The molecule has 4 aliphatic heterocycles. The van der Waals surface area contributed by atoms with Crippen molar-refractivity contribution in [3.05, 3.63) is 11.6 Å². The summed E-state index contributed by atoms with van der Waals surface area (Å²) in [4.78, 5) is 27.1. The lowest BCUT2D eigenvalue weighted by Crippen LogP contribution is -2.68. The van der Waals surface area contributed by atoms with Gasteiger partial charge in [0.2, 0.25) is 6.29 Å². The number of aliphatic carboxylic acids is 1. The van der Waals surface area contributed by atoms with Crippen LogP contribution in [0.3, 0.4) is 0 Å². The Hall–Kier alpha value is -2.16. The summed E-state index contributed by atoms with van der Waals surface area (Å²) in [6.07, 6.45) is -27.6. The summed E-state index contributed by atoms with van der Waals surface area (Å²) in [6.45, 7) is 10.2. The predicted octanol–water partition coefficient (Wildman–Crippen LogP) is -2.97. The molecule has 4 saturated carbocycles. The molecule has 4 saturated heterocycles. The van der Waals surface area contributed by atoms with Crippen LogP contribution in [0.15, 0.2) is 11.6 Å². The van der Waals surface area contributed by atoms with Crippen molar-refractivity contribution in [2.45, 2.75) is 235 Å². The van der Waals surface area contributed by atoms with E-state index in [1.54, 1.807) is 0 Å². The smallest absolute Gasteiger partial charge is 0.335 e. The molecule has 9 rings (SSSR count). The van der Waals surface area contributed by atoms with Gasteiger partial charge in [0.05, 0.1) is 37.9 Å². The summed E-state index contributed by atoms with van der Waals surface area (Å²) >= 11 is 0. The molecule has 25 heteroatoms. The average molecular weight is 1140 g/mol. The van der Waals surface area contributed by atoms with Crippen molar-refractivity contribution in [3.63, 3.8) is 0 Å². The normalized spacial score (nSPS) is 54.8. The van der Waals surface area contributed by atoms with E-state index >= 15 is 0 Å². The molecule has 0 aromatic rings. The Morgan fingerprint density at radius 1 is 0.557 bits per heavy atom.